The highest BCUT2D eigenvalue weighted by atomic mass is 19.4. The van der Waals surface area contributed by atoms with Crippen molar-refractivity contribution in [3.8, 4) is 0 Å². The maximum absolute atomic E-state index is 12.6. The van der Waals surface area contributed by atoms with E-state index in [4.69, 9.17) is 0 Å². The van der Waals surface area contributed by atoms with Crippen LogP contribution in [0.5, 0.6) is 0 Å². The van der Waals surface area contributed by atoms with Crippen LogP contribution in [0.15, 0.2) is 18.2 Å². The minimum atomic E-state index is -4.97. The average molecular weight is 330 g/mol. The van der Waals surface area contributed by atoms with Crippen LogP contribution in [-0.4, -0.2) is 26.3 Å². The number of carbonyl (C=O) groups excluding carboxylic acids is 1. The van der Waals surface area contributed by atoms with E-state index in [-0.39, 0.29) is 19.2 Å². The van der Waals surface area contributed by atoms with Crippen LogP contribution in [0, 0.1) is 0 Å². The van der Waals surface area contributed by atoms with E-state index in [0.29, 0.717) is 12.1 Å². The number of anilines is 1. The Hall–Kier alpha value is -1.97. The van der Waals surface area contributed by atoms with Crippen molar-refractivity contribution < 1.29 is 35.9 Å². The van der Waals surface area contributed by atoms with Crippen LogP contribution in [0.1, 0.15) is 11.1 Å². The van der Waals surface area contributed by atoms with Gasteiger partial charge in [-0.25, -0.2) is 4.79 Å². The summed E-state index contributed by atoms with van der Waals surface area (Å²) in [5.74, 6) is 0. The molecule has 1 rings (SSSR count). The van der Waals surface area contributed by atoms with E-state index in [9.17, 15) is 31.1 Å². The van der Waals surface area contributed by atoms with Crippen LogP contribution in [-0.2, 0) is 17.1 Å². The third kappa shape index (κ3) is 5.43. The number of carbonyl (C=O) groups is 1. The normalized spacial score (nSPS) is 12.1. The molecule has 1 aromatic rings. The zero-order valence-corrected chi connectivity index (χ0v) is 11.2. The van der Waals surface area contributed by atoms with Crippen LogP contribution in [0.2, 0.25) is 0 Å². The van der Waals surface area contributed by atoms with Gasteiger partial charge in [0, 0.05) is 19.3 Å². The van der Waals surface area contributed by atoms with Gasteiger partial charge >= 0.3 is 18.4 Å². The van der Waals surface area contributed by atoms with E-state index in [1.807, 2.05) is 5.32 Å². The van der Waals surface area contributed by atoms with Gasteiger partial charge in [-0.3, -0.25) is 0 Å². The maximum atomic E-state index is 12.6. The molecule has 0 fully saturated rings. The number of methoxy groups -OCH3 is 1. The molecule has 0 heterocycles. The molecule has 0 saturated carbocycles. The van der Waals surface area contributed by atoms with Crippen molar-refractivity contribution in [2.24, 2.45) is 0 Å². The molecule has 0 radical (unpaired) electrons. The number of ether oxygens (including phenoxy) is 1. The Balaban J connectivity index is 3.01. The molecular weight excluding hydrogens is 318 g/mol. The second-order valence-corrected chi connectivity index (χ2v) is 4.17. The van der Waals surface area contributed by atoms with Crippen molar-refractivity contribution in [3.05, 3.63) is 29.3 Å². The molecular formula is C12H12F6N2O2. The quantitative estimate of drug-likeness (QED) is 0.656. The Morgan fingerprint density at radius 1 is 1.05 bits per heavy atom. The van der Waals surface area contributed by atoms with Gasteiger partial charge < -0.3 is 15.4 Å². The largest absolute Gasteiger partial charge is 0.416 e. The predicted octanol–water partition coefficient (Wildman–Crippen LogP) is 3.49. The Morgan fingerprint density at radius 2 is 1.55 bits per heavy atom. The standard InChI is InChI=1S/C12H12F6N2O2/c1-22-3-2-19-10(21)20-9-5-7(11(13,14)15)4-8(6-9)12(16,17)18/h4-6H,2-3H2,1H3,(H2,19,20,21). The number of urea groups is 1. The van der Waals surface area contributed by atoms with Crippen LogP contribution in [0.25, 0.3) is 0 Å². The number of nitrogens with one attached hydrogen (secondary N) is 2. The summed E-state index contributed by atoms with van der Waals surface area (Å²) in [7, 11) is 1.36. The SMILES string of the molecule is COCCNC(=O)Nc1cc(C(F)(F)F)cc(C(F)(F)F)c1. The topological polar surface area (TPSA) is 50.4 Å². The van der Waals surface area contributed by atoms with E-state index in [0.717, 1.165) is 0 Å². The van der Waals surface area contributed by atoms with Gasteiger partial charge in [0.15, 0.2) is 0 Å². The van der Waals surface area contributed by atoms with Crippen LogP contribution >= 0.6 is 0 Å². The number of amides is 2. The highest BCUT2D eigenvalue weighted by molar-refractivity contribution is 5.89. The number of alkyl halides is 6. The fraction of sp³-hybridized carbons (Fsp3) is 0.417. The number of hydrogen-bond donors (Lipinski definition) is 2. The van der Waals surface area contributed by atoms with Crippen LogP contribution < -0.4 is 10.6 Å². The molecule has 22 heavy (non-hydrogen) atoms. The summed E-state index contributed by atoms with van der Waals surface area (Å²) < 4.78 is 80.3. The third-order valence-electron chi connectivity index (χ3n) is 2.44. The first-order valence-corrected chi connectivity index (χ1v) is 5.87. The number of benzene rings is 1. The lowest BCUT2D eigenvalue weighted by molar-refractivity contribution is -0.143. The van der Waals surface area contributed by atoms with Gasteiger partial charge in [0.05, 0.1) is 17.7 Å². The van der Waals surface area contributed by atoms with E-state index in [1.54, 1.807) is 0 Å². The zero-order chi connectivity index (χ0) is 17.0. The summed E-state index contributed by atoms with van der Waals surface area (Å²) in [6.07, 6.45) is -9.94. The van der Waals surface area contributed by atoms with Gasteiger partial charge in [0.1, 0.15) is 0 Å². The van der Waals surface area contributed by atoms with Crippen molar-refractivity contribution >= 4 is 11.7 Å². The van der Waals surface area contributed by atoms with Gasteiger partial charge in [-0.2, -0.15) is 26.3 Å². The summed E-state index contributed by atoms with van der Waals surface area (Å²) in [5.41, 5.74) is -3.62. The van der Waals surface area contributed by atoms with Crippen molar-refractivity contribution in [2.45, 2.75) is 12.4 Å². The Morgan fingerprint density at radius 3 is 1.95 bits per heavy atom. The van der Waals surface area contributed by atoms with Gasteiger partial charge in [-0.1, -0.05) is 0 Å². The lowest BCUT2D eigenvalue weighted by Gasteiger charge is -2.15. The van der Waals surface area contributed by atoms with Gasteiger partial charge in [0.25, 0.3) is 0 Å². The highest BCUT2D eigenvalue weighted by Gasteiger charge is 2.37. The van der Waals surface area contributed by atoms with Gasteiger partial charge in [0.2, 0.25) is 0 Å². The first-order valence-electron chi connectivity index (χ1n) is 5.87. The zero-order valence-electron chi connectivity index (χ0n) is 11.2. The van der Waals surface area contributed by atoms with Crippen LogP contribution in [0.3, 0.4) is 0 Å². The second kappa shape index (κ2) is 6.86. The molecule has 0 aliphatic heterocycles. The van der Waals surface area contributed by atoms with E-state index < -0.39 is 35.2 Å². The fourth-order valence-corrected chi connectivity index (χ4v) is 1.47. The summed E-state index contributed by atoms with van der Waals surface area (Å²) in [5, 5.41) is 4.13. The third-order valence-corrected chi connectivity index (χ3v) is 2.44. The Kier molecular flexibility index (Phi) is 5.64. The summed E-state index contributed by atoms with van der Waals surface area (Å²) in [4.78, 5) is 11.4. The molecule has 0 unspecified atom stereocenters. The Labute approximate surface area is 121 Å². The highest BCUT2D eigenvalue weighted by Crippen LogP contribution is 2.37. The van der Waals surface area contributed by atoms with Gasteiger partial charge in [-0.15, -0.1) is 0 Å². The molecule has 2 N–H and O–H groups in total. The maximum Gasteiger partial charge on any atom is 0.416 e. The molecule has 0 aliphatic rings. The summed E-state index contributed by atoms with van der Waals surface area (Å²) in [6.45, 7) is 0.192. The molecule has 1 aromatic carbocycles. The minimum Gasteiger partial charge on any atom is -0.383 e. The summed E-state index contributed by atoms with van der Waals surface area (Å²) >= 11 is 0. The van der Waals surface area contributed by atoms with E-state index in [1.165, 1.54) is 7.11 Å². The number of rotatable bonds is 4. The molecule has 10 heteroatoms. The first kappa shape index (κ1) is 18.1. The molecule has 4 nitrogen and oxygen atoms in total. The second-order valence-electron chi connectivity index (χ2n) is 4.17. The monoisotopic (exact) mass is 330 g/mol. The van der Waals surface area contributed by atoms with Gasteiger partial charge in [-0.05, 0) is 18.2 Å². The molecule has 0 aliphatic carbocycles. The lowest BCUT2D eigenvalue weighted by atomic mass is 10.1. The Bertz CT molecular complexity index is 495. The fourth-order valence-electron chi connectivity index (χ4n) is 1.47. The van der Waals surface area contributed by atoms with Crippen molar-refractivity contribution in [1.29, 1.82) is 0 Å². The average Bonchev–Trinajstić information content (AvgIpc) is 2.36. The van der Waals surface area contributed by atoms with Crippen LogP contribution in [0.4, 0.5) is 36.8 Å². The summed E-state index contributed by atoms with van der Waals surface area (Å²) in [6, 6.07) is -0.117. The van der Waals surface area contributed by atoms with Crippen molar-refractivity contribution in [3.63, 3.8) is 0 Å². The first-order chi connectivity index (χ1) is 10.0. The molecule has 0 spiro atoms. The van der Waals surface area contributed by atoms with Crippen molar-refractivity contribution in [1.82, 2.24) is 5.32 Å². The number of hydrogen-bond acceptors (Lipinski definition) is 2. The molecule has 0 atom stereocenters. The predicted molar refractivity (Wildman–Crippen MR) is 65.3 cm³/mol. The van der Waals surface area contributed by atoms with E-state index >= 15 is 0 Å². The lowest BCUT2D eigenvalue weighted by Crippen LogP contribution is -2.31. The molecule has 0 aromatic heterocycles. The molecule has 2 amide bonds. The molecule has 0 saturated heterocycles. The van der Waals surface area contributed by atoms with E-state index in [2.05, 4.69) is 10.1 Å². The molecule has 0 bridgehead atoms. The minimum absolute atomic E-state index is 0.0198. The number of halogens is 6. The molecule has 124 valence electrons. The smallest absolute Gasteiger partial charge is 0.383 e. The van der Waals surface area contributed by atoms with Crippen molar-refractivity contribution in [2.75, 3.05) is 25.6 Å².